The molecule has 0 rings (SSSR count). The average molecular weight is 196 g/mol. The summed E-state index contributed by atoms with van der Waals surface area (Å²) in [4.78, 5) is 9.94. The summed E-state index contributed by atoms with van der Waals surface area (Å²) in [5.74, 6) is -0.0657. The molecule has 0 fully saturated rings. The van der Waals surface area contributed by atoms with Crippen LogP contribution in [0.15, 0.2) is 0 Å². The highest BCUT2D eigenvalue weighted by Gasteiger charge is 2.29. The Morgan fingerprint density at radius 1 is 1.17 bits per heavy atom. The van der Waals surface area contributed by atoms with Crippen molar-refractivity contribution in [3.63, 3.8) is 0 Å². The van der Waals surface area contributed by atoms with Gasteiger partial charge < -0.3 is 25.2 Å². The molecule has 0 radical (unpaired) electrons. The third-order valence-corrected chi connectivity index (χ3v) is 1.79. The molecule has 0 amide bonds. The highest BCUT2D eigenvalue weighted by molar-refractivity contribution is 7.80. The van der Waals surface area contributed by atoms with Crippen molar-refractivity contribution in [2.75, 3.05) is 5.75 Å². The summed E-state index contributed by atoms with van der Waals surface area (Å²) in [6.07, 6.45) is -6.11. The van der Waals surface area contributed by atoms with Crippen molar-refractivity contribution in [2.24, 2.45) is 0 Å². The van der Waals surface area contributed by atoms with Crippen LogP contribution in [-0.4, -0.2) is 56.9 Å². The van der Waals surface area contributed by atoms with E-state index in [9.17, 15) is 4.79 Å². The maximum atomic E-state index is 9.94. The topological polar surface area (TPSA) is 98.0 Å². The zero-order valence-electron chi connectivity index (χ0n) is 6.24. The van der Waals surface area contributed by atoms with Gasteiger partial charge in [-0.1, -0.05) is 0 Å². The highest BCUT2D eigenvalue weighted by Crippen LogP contribution is 2.04. The van der Waals surface area contributed by atoms with Gasteiger partial charge in [0, 0.05) is 5.75 Å². The Morgan fingerprint density at radius 2 is 1.67 bits per heavy atom. The number of aliphatic hydroxyl groups excluding tert-OH is 4. The fourth-order valence-electron chi connectivity index (χ4n) is 0.618. The van der Waals surface area contributed by atoms with Crippen LogP contribution in [0.4, 0.5) is 0 Å². The van der Waals surface area contributed by atoms with Gasteiger partial charge in [0.15, 0.2) is 6.29 Å². The van der Waals surface area contributed by atoms with E-state index in [-0.39, 0.29) is 12.0 Å². The van der Waals surface area contributed by atoms with Crippen molar-refractivity contribution < 1.29 is 25.2 Å². The van der Waals surface area contributed by atoms with E-state index in [1.54, 1.807) is 0 Å². The normalized spacial score (nSPS) is 21.1. The quantitative estimate of drug-likeness (QED) is 0.248. The van der Waals surface area contributed by atoms with E-state index in [1.165, 1.54) is 0 Å². The molecule has 0 aromatic carbocycles. The van der Waals surface area contributed by atoms with Gasteiger partial charge in [-0.05, 0) is 0 Å². The second-order valence-electron chi connectivity index (χ2n) is 2.36. The molecule has 4 N–H and O–H groups in total. The van der Waals surface area contributed by atoms with Crippen LogP contribution < -0.4 is 0 Å². The highest BCUT2D eigenvalue weighted by atomic mass is 32.1. The summed E-state index contributed by atoms with van der Waals surface area (Å²) in [5, 5.41) is 35.6. The Labute approximate surface area is 75.1 Å². The predicted octanol–water partition coefficient (Wildman–Crippen LogP) is -2.44. The molecule has 4 atom stereocenters. The van der Waals surface area contributed by atoms with E-state index in [2.05, 4.69) is 12.6 Å². The van der Waals surface area contributed by atoms with E-state index in [0.29, 0.717) is 0 Å². The number of aliphatic hydroxyl groups is 4. The van der Waals surface area contributed by atoms with Gasteiger partial charge in [0.25, 0.3) is 0 Å². The number of thiol groups is 1. The van der Waals surface area contributed by atoms with Gasteiger partial charge in [0.1, 0.15) is 18.3 Å². The summed E-state index contributed by atoms with van der Waals surface area (Å²) in [6, 6.07) is 0. The van der Waals surface area contributed by atoms with Crippen LogP contribution >= 0.6 is 12.6 Å². The van der Waals surface area contributed by atoms with E-state index < -0.39 is 24.4 Å². The van der Waals surface area contributed by atoms with E-state index in [4.69, 9.17) is 20.4 Å². The van der Waals surface area contributed by atoms with Gasteiger partial charge in [-0.2, -0.15) is 12.6 Å². The fraction of sp³-hybridized carbons (Fsp3) is 0.833. The van der Waals surface area contributed by atoms with Crippen molar-refractivity contribution in [3.05, 3.63) is 0 Å². The first-order chi connectivity index (χ1) is 5.54. The molecule has 72 valence electrons. The van der Waals surface area contributed by atoms with Crippen LogP contribution in [0.1, 0.15) is 0 Å². The first-order valence-electron chi connectivity index (χ1n) is 3.33. The van der Waals surface area contributed by atoms with Gasteiger partial charge >= 0.3 is 0 Å². The molecule has 5 nitrogen and oxygen atoms in total. The molecule has 0 aliphatic rings. The number of carbonyl (C=O) groups excluding carboxylic acids is 1. The van der Waals surface area contributed by atoms with Gasteiger partial charge in [0.05, 0.1) is 6.10 Å². The molecule has 12 heavy (non-hydrogen) atoms. The Kier molecular flexibility index (Phi) is 5.43. The van der Waals surface area contributed by atoms with E-state index in [1.807, 2.05) is 0 Å². The molecular formula is C6H12O5S. The lowest BCUT2D eigenvalue weighted by atomic mass is 10.1. The largest absolute Gasteiger partial charge is 0.389 e. The summed E-state index contributed by atoms with van der Waals surface area (Å²) in [7, 11) is 0. The lowest BCUT2D eigenvalue weighted by molar-refractivity contribution is -0.132. The predicted molar refractivity (Wildman–Crippen MR) is 43.9 cm³/mol. The lowest BCUT2D eigenvalue weighted by Gasteiger charge is -2.22. The van der Waals surface area contributed by atoms with Crippen molar-refractivity contribution in [2.45, 2.75) is 24.4 Å². The van der Waals surface area contributed by atoms with E-state index in [0.717, 1.165) is 0 Å². The molecule has 0 unspecified atom stereocenters. The Hall–Kier alpha value is -0.140. The van der Waals surface area contributed by atoms with Crippen LogP contribution in [-0.2, 0) is 4.79 Å². The smallest absolute Gasteiger partial charge is 0.151 e. The summed E-state index contributed by atoms with van der Waals surface area (Å²) >= 11 is 3.66. The molecule has 0 spiro atoms. The minimum atomic E-state index is -1.69. The molecular weight excluding hydrogens is 184 g/mol. The second-order valence-corrected chi connectivity index (χ2v) is 2.72. The van der Waals surface area contributed by atoms with Gasteiger partial charge in [-0.15, -0.1) is 0 Å². The van der Waals surface area contributed by atoms with E-state index >= 15 is 0 Å². The van der Waals surface area contributed by atoms with Crippen molar-refractivity contribution in [1.29, 1.82) is 0 Å². The number of aldehydes is 1. The molecule has 0 aliphatic heterocycles. The van der Waals surface area contributed by atoms with Crippen LogP contribution in [0, 0.1) is 0 Å². The fourth-order valence-corrected chi connectivity index (χ4v) is 0.834. The first-order valence-corrected chi connectivity index (χ1v) is 3.96. The summed E-state index contributed by atoms with van der Waals surface area (Å²) in [5.41, 5.74) is 0. The van der Waals surface area contributed by atoms with Crippen molar-refractivity contribution in [3.8, 4) is 0 Å². The zero-order chi connectivity index (χ0) is 9.72. The molecule has 0 aromatic rings. The third kappa shape index (κ3) is 3.08. The number of carbonyl (C=O) groups is 1. The molecule has 0 aromatic heterocycles. The second kappa shape index (κ2) is 5.50. The Balaban J connectivity index is 4.07. The Morgan fingerprint density at radius 3 is 2.00 bits per heavy atom. The molecule has 0 aliphatic carbocycles. The van der Waals surface area contributed by atoms with Crippen LogP contribution in [0.2, 0.25) is 0 Å². The molecule has 6 heteroatoms. The number of hydrogen-bond acceptors (Lipinski definition) is 6. The molecule has 0 saturated carbocycles. The van der Waals surface area contributed by atoms with Gasteiger partial charge in [-0.25, -0.2) is 0 Å². The third-order valence-electron chi connectivity index (χ3n) is 1.42. The molecule has 0 saturated heterocycles. The minimum absolute atomic E-state index is 0.0657. The van der Waals surface area contributed by atoms with Crippen LogP contribution in [0.25, 0.3) is 0 Å². The summed E-state index contributed by atoms with van der Waals surface area (Å²) in [6.45, 7) is 0. The standard InChI is InChI=1S/C6H12O5S/c7-1-3(8)5(10)6(11)4(9)2-12/h1,3-6,8-12H,2H2/t3-,4+,5+,6-/m1/s1. The maximum absolute atomic E-state index is 9.94. The monoisotopic (exact) mass is 196 g/mol. The van der Waals surface area contributed by atoms with Gasteiger partial charge in [-0.3, -0.25) is 0 Å². The zero-order valence-corrected chi connectivity index (χ0v) is 7.13. The average Bonchev–Trinajstić information content (AvgIpc) is 2.12. The molecule has 0 bridgehead atoms. The van der Waals surface area contributed by atoms with Crippen molar-refractivity contribution in [1.82, 2.24) is 0 Å². The van der Waals surface area contributed by atoms with Gasteiger partial charge in [0.2, 0.25) is 0 Å². The Bertz CT molecular complexity index is 142. The lowest BCUT2D eigenvalue weighted by Crippen LogP contribution is -2.45. The first kappa shape index (κ1) is 11.9. The van der Waals surface area contributed by atoms with Crippen molar-refractivity contribution >= 4 is 18.9 Å². The summed E-state index contributed by atoms with van der Waals surface area (Å²) < 4.78 is 0. The molecule has 0 heterocycles. The minimum Gasteiger partial charge on any atom is -0.389 e. The van der Waals surface area contributed by atoms with Crippen LogP contribution in [0.3, 0.4) is 0 Å². The number of hydrogen-bond donors (Lipinski definition) is 5. The maximum Gasteiger partial charge on any atom is 0.151 e. The SMILES string of the molecule is O=C[C@@H](O)[C@H](O)[C@H](O)[C@@H](O)CS. The number of rotatable bonds is 5. The van der Waals surface area contributed by atoms with Crippen LogP contribution in [0.5, 0.6) is 0 Å².